The fourth-order valence-corrected chi connectivity index (χ4v) is 3.11. The molecule has 1 aliphatic rings. The van der Waals surface area contributed by atoms with Crippen molar-refractivity contribution >= 4 is 22.6 Å². The number of amides is 1. The second-order valence-electron chi connectivity index (χ2n) is 5.81. The second kappa shape index (κ2) is 5.62. The van der Waals surface area contributed by atoms with E-state index in [9.17, 15) is 14.7 Å². The van der Waals surface area contributed by atoms with Crippen LogP contribution in [0.1, 0.15) is 28.4 Å². The number of fused-ring (bicyclic) bond motifs is 2. The molecule has 2 heterocycles. The van der Waals surface area contributed by atoms with Gasteiger partial charge in [-0.1, -0.05) is 36.4 Å². The first-order valence-corrected chi connectivity index (χ1v) is 7.77. The maximum Gasteiger partial charge on any atom is 0.349 e. The summed E-state index contributed by atoms with van der Waals surface area (Å²) in [6, 6.07) is 15.8. The number of benzene rings is 2. The van der Waals surface area contributed by atoms with Crippen molar-refractivity contribution < 1.29 is 14.3 Å². The lowest BCUT2D eigenvalue weighted by Gasteiger charge is -2.32. The van der Waals surface area contributed by atoms with Crippen LogP contribution in [0.25, 0.3) is 11.0 Å². The third-order valence-corrected chi connectivity index (χ3v) is 4.33. The molecular weight excluding hydrogens is 306 g/mol. The summed E-state index contributed by atoms with van der Waals surface area (Å²) in [6.07, 6.45) is -0.167. The van der Waals surface area contributed by atoms with Gasteiger partial charge in [0, 0.05) is 23.2 Å². The molecule has 2 aromatic carbocycles. The molecule has 1 aromatic heterocycles. The Morgan fingerprint density at radius 1 is 1.12 bits per heavy atom. The molecule has 0 radical (unpaired) electrons. The number of carbonyl (C=O) groups is 1. The highest BCUT2D eigenvalue weighted by Crippen LogP contribution is 2.34. The molecule has 1 unspecified atom stereocenters. The van der Waals surface area contributed by atoms with Crippen LogP contribution in [0.3, 0.4) is 0 Å². The van der Waals surface area contributed by atoms with Gasteiger partial charge >= 0.3 is 5.63 Å². The molecule has 0 saturated carbocycles. The van der Waals surface area contributed by atoms with Crippen LogP contribution in [0.5, 0.6) is 0 Å². The summed E-state index contributed by atoms with van der Waals surface area (Å²) in [5.41, 5.74) is 1.13. The molecule has 1 amide bonds. The molecule has 0 spiro atoms. The summed E-state index contributed by atoms with van der Waals surface area (Å²) in [4.78, 5) is 26.7. The van der Waals surface area contributed by atoms with Gasteiger partial charge in [-0.2, -0.15) is 0 Å². The van der Waals surface area contributed by atoms with E-state index in [0.29, 0.717) is 35.2 Å². The van der Waals surface area contributed by atoms with E-state index in [1.807, 2.05) is 12.1 Å². The van der Waals surface area contributed by atoms with Crippen LogP contribution in [-0.2, 0) is 0 Å². The van der Waals surface area contributed by atoms with Crippen LogP contribution < -0.4 is 10.5 Å². The molecule has 0 saturated heterocycles. The minimum Gasteiger partial charge on any atom is -0.422 e. The first kappa shape index (κ1) is 14.7. The van der Waals surface area contributed by atoms with Gasteiger partial charge < -0.3 is 14.4 Å². The van der Waals surface area contributed by atoms with E-state index >= 15 is 0 Å². The minimum atomic E-state index is -0.651. The van der Waals surface area contributed by atoms with Crippen molar-refractivity contribution in [3.8, 4) is 0 Å². The van der Waals surface area contributed by atoms with E-state index in [-0.39, 0.29) is 5.56 Å². The van der Waals surface area contributed by atoms with Gasteiger partial charge in [0.15, 0.2) is 0 Å². The number of aliphatic hydroxyl groups excluding tert-OH is 1. The number of hydrogen-bond acceptors (Lipinski definition) is 4. The number of hydrogen-bond donors (Lipinski definition) is 1. The fraction of sp³-hybridized carbons (Fsp3) is 0.158. The zero-order chi connectivity index (χ0) is 16.7. The van der Waals surface area contributed by atoms with E-state index in [1.54, 1.807) is 42.5 Å². The lowest BCUT2D eigenvalue weighted by Crippen LogP contribution is -2.38. The monoisotopic (exact) mass is 321 g/mol. The van der Waals surface area contributed by atoms with Gasteiger partial charge in [-0.25, -0.2) is 4.79 Å². The van der Waals surface area contributed by atoms with Gasteiger partial charge in [0.25, 0.3) is 5.91 Å². The Morgan fingerprint density at radius 3 is 2.75 bits per heavy atom. The molecule has 0 bridgehead atoms. The molecule has 1 N–H and O–H groups in total. The van der Waals surface area contributed by atoms with E-state index in [0.717, 1.165) is 0 Å². The Bertz CT molecular complexity index is 992. The van der Waals surface area contributed by atoms with Crippen molar-refractivity contribution in [3.05, 3.63) is 76.1 Å². The average Bonchev–Trinajstić information content (AvgIpc) is 2.61. The molecule has 5 heteroatoms. The van der Waals surface area contributed by atoms with Gasteiger partial charge in [0.2, 0.25) is 0 Å². The standard InChI is InChI=1S/C19H15NO4/c21-16-9-10-20(15-7-3-2-6-13(15)16)18(22)14-11-12-5-1-4-8-17(12)24-19(14)23/h1-8,11,16,21H,9-10H2. The van der Waals surface area contributed by atoms with Crippen molar-refractivity contribution in [3.63, 3.8) is 0 Å². The highest BCUT2D eigenvalue weighted by atomic mass is 16.4. The predicted molar refractivity (Wildman–Crippen MR) is 90.2 cm³/mol. The van der Waals surface area contributed by atoms with Crippen LogP contribution in [0.4, 0.5) is 5.69 Å². The quantitative estimate of drug-likeness (QED) is 0.700. The van der Waals surface area contributed by atoms with Gasteiger partial charge in [-0.05, 0) is 24.6 Å². The number of anilines is 1. The van der Waals surface area contributed by atoms with Crippen molar-refractivity contribution in [1.29, 1.82) is 0 Å². The molecule has 0 aliphatic carbocycles. The Hall–Kier alpha value is -2.92. The van der Waals surface area contributed by atoms with Crippen molar-refractivity contribution in [1.82, 2.24) is 0 Å². The zero-order valence-corrected chi connectivity index (χ0v) is 12.8. The Balaban J connectivity index is 1.81. The molecule has 5 nitrogen and oxygen atoms in total. The first-order chi connectivity index (χ1) is 11.6. The molecule has 24 heavy (non-hydrogen) atoms. The highest BCUT2D eigenvalue weighted by molar-refractivity contribution is 6.07. The number of nitrogens with zero attached hydrogens (tertiary/aromatic N) is 1. The van der Waals surface area contributed by atoms with Gasteiger partial charge in [-0.15, -0.1) is 0 Å². The van der Waals surface area contributed by atoms with Gasteiger partial charge in [0.1, 0.15) is 11.1 Å². The number of carbonyl (C=O) groups excluding carboxylic acids is 1. The lowest BCUT2D eigenvalue weighted by molar-refractivity contribution is 0.0967. The minimum absolute atomic E-state index is 0.0000992. The van der Waals surface area contributed by atoms with E-state index in [1.165, 1.54) is 4.90 Å². The Morgan fingerprint density at radius 2 is 1.88 bits per heavy atom. The molecule has 4 rings (SSSR count). The predicted octanol–water partition coefficient (Wildman–Crippen LogP) is 2.88. The largest absolute Gasteiger partial charge is 0.422 e. The van der Waals surface area contributed by atoms with Crippen molar-refractivity contribution in [2.24, 2.45) is 0 Å². The summed E-state index contributed by atoms with van der Waals surface area (Å²) in [7, 11) is 0. The lowest BCUT2D eigenvalue weighted by atomic mass is 9.98. The van der Waals surface area contributed by atoms with E-state index in [4.69, 9.17) is 4.42 Å². The molecule has 3 aromatic rings. The average molecular weight is 321 g/mol. The third kappa shape index (κ3) is 2.30. The normalized spacial score (nSPS) is 16.9. The maximum atomic E-state index is 12.9. The van der Waals surface area contributed by atoms with Crippen LogP contribution in [-0.4, -0.2) is 17.6 Å². The maximum absolute atomic E-state index is 12.9. The number of aliphatic hydroxyl groups is 1. The van der Waals surface area contributed by atoms with Crippen LogP contribution in [0.2, 0.25) is 0 Å². The van der Waals surface area contributed by atoms with Crippen LogP contribution >= 0.6 is 0 Å². The van der Waals surface area contributed by atoms with Crippen molar-refractivity contribution in [2.75, 3.05) is 11.4 Å². The third-order valence-electron chi connectivity index (χ3n) is 4.33. The van der Waals surface area contributed by atoms with E-state index < -0.39 is 17.6 Å². The summed E-state index contributed by atoms with van der Waals surface area (Å²) in [5, 5.41) is 10.8. The SMILES string of the molecule is O=C(c1cc2ccccc2oc1=O)N1CCC(O)c2ccccc21. The molecule has 1 atom stereocenters. The molecule has 120 valence electrons. The summed E-state index contributed by atoms with van der Waals surface area (Å²) < 4.78 is 5.26. The molecular formula is C19H15NO4. The van der Waals surface area contributed by atoms with E-state index in [2.05, 4.69) is 0 Å². The Labute approximate surface area is 137 Å². The van der Waals surface area contributed by atoms with Crippen molar-refractivity contribution in [2.45, 2.75) is 12.5 Å². The van der Waals surface area contributed by atoms with Gasteiger partial charge in [0.05, 0.1) is 6.10 Å². The summed E-state index contributed by atoms with van der Waals surface area (Å²) >= 11 is 0. The second-order valence-corrected chi connectivity index (χ2v) is 5.81. The molecule has 0 fully saturated rings. The summed E-state index contributed by atoms with van der Waals surface area (Å²) in [6.45, 7) is 0.350. The smallest absolute Gasteiger partial charge is 0.349 e. The van der Waals surface area contributed by atoms with Crippen LogP contribution in [0, 0.1) is 0 Å². The topological polar surface area (TPSA) is 70.8 Å². The molecule has 1 aliphatic heterocycles. The Kier molecular flexibility index (Phi) is 3.43. The number of rotatable bonds is 1. The zero-order valence-electron chi connectivity index (χ0n) is 12.8. The summed E-state index contributed by atoms with van der Waals surface area (Å²) in [5.74, 6) is -0.408. The first-order valence-electron chi connectivity index (χ1n) is 7.77. The van der Waals surface area contributed by atoms with Crippen LogP contribution in [0.15, 0.2) is 63.8 Å². The van der Waals surface area contributed by atoms with Gasteiger partial charge in [-0.3, -0.25) is 4.79 Å². The fourth-order valence-electron chi connectivity index (χ4n) is 3.11. The highest BCUT2D eigenvalue weighted by Gasteiger charge is 2.29. The number of para-hydroxylation sites is 2.